The topological polar surface area (TPSA) is 60.2 Å². The number of aromatic nitrogens is 2. The molecule has 0 spiro atoms. The van der Waals surface area contributed by atoms with Crippen LogP contribution in [0.5, 0.6) is 5.75 Å². The molecule has 0 radical (unpaired) electrons. The molecule has 19 heavy (non-hydrogen) atoms. The lowest BCUT2D eigenvalue weighted by Gasteiger charge is -2.09. The molecule has 2 aromatic rings. The lowest BCUT2D eigenvalue weighted by molar-refractivity contribution is 0.286. The van der Waals surface area contributed by atoms with E-state index in [1.165, 1.54) is 12.0 Å². The number of hydrogen-bond donors (Lipinski definition) is 1. The van der Waals surface area contributed by atoms with Crippen LogP contribution in [0.3, 0.4) is 0 Å². The molecule has 1 heterocycles. The van der Waals surface area contributed by atoms with Crippen molar-refractivity contribution in [1.82, 2.24) is 15.5 Å². The summed E-state index contributed by atoms with van der Waals surface area (Å²) in [5, 5.41) is 7.06. The first-order valence-electron chi connectivity index (χ1n) is 6.16. The molecule has 0 saturated heterocycles. The van der Waals surface area contributed by atoms with Crippen molar-refractivity contribution in [3.05, 3.63) is 40.5 Å². The van der Waals surface area contributed by atoms with Crippen molar-refractivity contribution in [1.29, 1.82) is 0 Å². The minimum atomic E-state index is 0.306. The third-order valence-corrected chi connectivity index (χ3v) is 3.31. The third kappa shape index (κ3) is 4.33. The zero-order valence-corrected chi connectivity index (χ0v) is 12.3. The van der Waals surface area contributed by atoms with Crippen LogP contribution in [-0.2, 0) is 13.2 Å². The maximum atomic E-state index is 5.62. The van der Waals surface area contributed by atoms with E-state index in [0.717, 1.165) is 29.7 Å². The fourth-order valence-electron chi connectivity index (χ4n) is 1.58. The highest BCUT2D eigenvalue weighted by Crippen LogP contribution is 2.23. The van der Waals surface area contributed by atoms with E-state index in [-0.39, 0.29) is 0 Å². The van der Waals surface area contributed by atoms with Crippen LogP contribution >= 0.6 is 15.9 Å². The van der Waals surface area contributed by atoms with Crippen LogP contribution < -0.4 is 10.1 Å². The molecule has 1 N–H and O–H groups in total. The Morgan fingerprint density at radius 3 is 3.05 bits per heavy atom. The highest BCUT2D eigenvalue weighted by molar-refractivity contribution is 9.10. The number of halogens is 1. The minimum absolute atomic E-state index is 0.306. The molecule has 2 rings (SSSR count). The quantitative estimate of drug-likeness (QED) is 0.793. The SMILES string of the molecule is CCCNCc1cc(OCc2ncon2)ccc1Br. The average molecular weight is 326 g/mol. The Kier molecular flexibility index (Phi) is 5.35. The van der Waals surface area contributed by atoms with E-state index in [1.54, 1.807) is 0 Å². The van der Waals surface area contributed by atoms with Gasteiger partial charge in [-0.3, -0.25) is 0 Å². The zero-order chi connectivity index (χ0) is 13.5. The van der Waals surface area contributed by atoms with Gasteiger partial charge in [0.05, 0.1) is 0 Å². The molecule has 0 aliphatic rings. The first-order valence-corrected chi connectivity index (χ1v) is 6.96. The largest absolute Gasteiger partial charge is 0.485 e. The maximum Gasteiger partial charge on any atom is 0.213 e. The van der Waals surface area contributed by atoms with Gasteiger partial charge in [0.25, 0.3) is 0 Å². The summed E-state index contributed by atoms with van der Waals surface area (Å²) in [6, 6.07) is 5.90. The first-order chi connectivity index (χ1) is 9.29. The number of nitrogens with zero attached hydrogens (tertiary/aromatic N) is 2. The van der Waals surface area contributed by atoms with Crippen LogP contribution in [0.4, 0.5) is 0 Å². The van der Waals surface area contributed by atoms with E-state index in [2.05, 4.69) is 42.8 Å². The summed E-state index contributed by atoms with van der Waals surface area (Å²) < 4.78 is 11.3. The predicted octanol–water partition coefficient (Wildman–Crippen LogP) is 2.91. The maximum absolute atomic E-state index is 5.62. The second-order valence-corrected chi connectivity index (χ2v) is 4.92. The van der Waals surface area contributed by atoms with Crippen LogP contribution in [0.1, 0.15) is 24.7 Å². The molecular formula is C13H16BrN3O2. The van der Waals surface area contributed by atoms with Gasteiger partial charge in [-0.1, -0.05) is 28.0 Å². The van der Waals surface area contributed by atoms with Crippen LogP contribution in [0, 0.1) is 0 Å². The molecule has 0 unspecified atom stereocenters. The Morgan fingerprint density at radius 2 is 2.32 bits per heavy atom. The zero-order valence-electron chi connectivity index (χ0n) is 10.7. The van der Waals surface area contributed by atoms with Crippen LogP contribution in [0.2, 0.25) is 0 Å². The van der Waals surface area contributed by atoms with Gasteiger partial charge in [0.1, 0.15) is 5.75 Å². The average Bonchev–Trinajstić information content (AvgIpc) is 2.93. The Labute approximate surface area is 120 Å². The number of benzene rings is 1. The van der Waals surface area contributed by atoms with E-state index in [9.17, 15) is 0 Å². The molecule has 1 aromatic carbocycles. The van der Waals surface area contributed by atoms with E-state index >= 15 is 0 Å². The monoisotopic (exact) mass is 325 g/mol. The standard InChI is InChI=1S/C13H16BrN3O2/c1-2-5-15-7-10-6-11(3-4-12(10)14)18-8-13-16-9-19-17-13/h3-4,6,9,15H,2,5,7-8H2,1H3. The summed E-state index contributed by atoms with van der Waals surface area (Å²) in [7, 11) is 0. The third-order valence-electron chi connectivity index (χ3n) is 2.53. The second-order valence-electron chi connectivity index (χ2n) is 4.07. The molecule has 0 aliphatic heterocycles. The van der Waals surface area contributed by atoms with Crippen LogP contribution in [-0.4, -0.2) is 16.7 Å². The van der Waals surface area contributed by atoms with Gasteiger partial charge in [0.15, 0.2) is 6.61 Å². The summed E-state index contributed by atoms with van der Waals surface area (Å²) >= 11 is 3.54. The van der Waals surface area contributed by atoms with Crippen LogP contribution in [0.15, 0.2) is 33.6 Å². The van der Waals surface area contributed by atoms with Gasteiger partial charge in [-0.25, -0.2) is 0 Å². The summed E-state index contributed by atoms with van der Waals surface area (Å²) in [5.41, 5.74) is 1.17. The van der Waals surface area contributed by atoms with Gasteiger partial charge in [0.2, 0.25) is 12.2 Å². The first kappa shape index (κ1) is 14.0. The van der Waals surface area contributed by atoms with Crippen molar-refractivity contribution in [2.45, 2.75) is 26.5 Å². The van der Waals surface area contributed by atoms with Crippen molar-refractivity contribution >= 4 is 15.9 Å². The molecule has 0 saturated carbocycles. The smallest absolute Gasteiger partial charge is 0.213 e. The van der Waals surface area contributed by atoms with Gasteiger partial charge < -0.3 is 14.6 Å². The highest BCUT2D eigenvalue weighted by atomic mass is 79.9. The molecule has 0 atom stereocenters. The molecule has 1 aromatic heterocycles. The summed E-state index contributed by atoms with van der Waals surface area (Å²) in [6.07, 6.45) is 2.41. The van der Waals surface area contributed by atoms with Gasteiger partial charge in [-0.15, -0.1) is 0 Å². The molecule has 102 valence electrons. The van der Waals surface area contributed by atoms with Crippen LogP contribution in [0.25, 0.3) is 0 Å². The van der Waals surface area contributed by atoms with Gasteiger partial charge in [-0.2, -0.15) is 4.98 Å². The van der Waals surface area contributed by atoms with Gasteiger partial charge in [0, 0.05) is 11.0 Å². The number of nitrogens with one attached hydrogen (secondary N) is 1. The normalized spacial score (nSPS) is 10.6. The number of hydrogen-bond acceptors (Lipinski definition) is 5. The van der Waals surface area contributed by atoms with Crippen molar-refractivity contribution in [3.63, 3.8) is 0 Å². The summed E-state index contributed by atoms with van der Waals surface area (Å²) in [4.78, 5) is 3.91. The molecule has 0 bridgehead atoms. The lowest BCUT2D eigenvalue weighted by atomic mass is 10.2. The van der Waals surface area contributed by atoms with E-state index < -0.39 is 0 Å². The summed E-state index contributed by atoms with van der Waals surface area (Å²) in [5.74, 6) is 1.33. The number of ether oxygens (including phenoxy) is 1. The Morgan fingerprint density at radius 1 is 1.42 bits per heavy atom. The second kappa shape index (κ2) is 7.25. The molecule has 6 heteroatoms. The van der Waals surface area contributed by atoms with E-state index in [1.807, 2.05) is 18.2 Å². The molecule has 0 amide bonds. The molecular weight excluding hydrogens is 310 g/mol. The fraction of sp³-hybridized carbons (Fsp3) is 0.385. The van der Waals surface area contributed by atoms with E-state index in [4.69, 9.17) is 4.74 Å². The van der Waals surface area contributed by atoms with Gasteiger partial charge >= 0.3 is 0 Å². The fourth-order valence-corrected chi connectivity index (χ4v) is 1.97. The molecule has 0 fully saturated rings. The Balaban J connectivity index is 1.95. The van der Waals surface area contributed by atoms with E-state index in [0.29, 0.717) is 12.4 Å². The number of rotatable bonds is 7. The lowest BCUT2D eigenvalue weighted by Crippen LogP contribution is -2.14. The highest BCUT2D eigenvalue weighted by Gasteiger charge is 2.04. The molecule has 0 aliphatic carbocycles. The van der Waals surface area contributed by atoms with Crippen molar-refractivity contribution in [3.8, 4) is 5.75 Å². The minimum Gasteiger partial charge on any atom is -0.485 e. The van der Waals surface area contributed by atoms with Crippen molar-refractivity contribution < 1.29 is 9.26 Å². The molecule has 5 nitrogen and oxygen atoms in total. The van der Waals surface area contributed by atoms with Crippen molar-refractivity contribution in [2.24, 2.45) is 0 Å². The predicted molar refractivity (Wildman–Crippen MR) is 74.8 cm³/mol. The van der Waals surface area contributed by atoms with Crippen molar-refractivity contribution in [2.75, 3.05) is 6.54 Å². The summed E-state index contributed by atoms with van der Waals surface area (Å²) in [6.45, 7) is 4.26. The Hall–Kier alpha value is -1.40. The Bertz CT molecular complexity index is 503. The van der Waals surface area contributed by atoms with Gasteiger partial charge in [-0.05, 0) is 36.7 Å².